The van der Waals surface area contributed by atoms with E-state index in [0.29, 0.717) is 11.6 Å². The van der Waals surface area contributed by atoms with Crippen LogP contribution in [0.3, 0.4) is 0 Å². The zero-order valence-electron chi connectivity index (χ0n) is 9.59. The topological polar surface area (TPSA) is 49.7 Å². The van der Waals surface area contributed by atoms with Gasteiger partial charge in [0.25, 0.3) is 10.0 Å². The van der Waals surface area contributed by atoms with Gasteiger partial charge in [-0.05, 0) is 24.1 Å². The summed E-state index contributed by atoms with van der Waals surface area (Å²) in [6.45, 7) is 4.89. The number of hydrogen-bond acceptors (Lipinski definition) is 3. The number of sulfonamides is 1. The summed E-state index contributed by atoms with van der Waals surface area (Å²) in [6, 6.07) is 5.10. The molecule has 92 valence electrons. The molecule has 0 saturated carbocycles. The highest BCUT2D eigenvalue weighted by molar-refractivity contribution is 9.10. The third kappa shape index (κ3) is 2.52. The molecule has 4 nitrogen and oxygen atoms in total. The SMILES string of the molecule is CC(C)CN1C=NS(=O)(=O)c2ccc(Br)cc21. The minimum absolute atomic E-state index is 0.267. The second-order valence-electron chi connectivity index (χ2n) is 4.35. The zero-order chi connectivity index (χ0) is 12.6. The summed E-state index contributed by atoms with van der Waals surface area (Å²) in [6.07, 6.45) is 1.39. The third-order valence-corrected chi connectivity index (χ3v) is 4.16. The minimum atomic E-state index is -3.52. The smallest absolute Gasteiger partial charge is 0.285 e. The van der Waals surface area contributed by atoms with Gasteiger partial charge in [-0.25, -0.2) is 0 Å². The maximum Gasteiger partial charge on any atom is 0.285 e. The van der Waals surface area contributed by atoms with Crippen LogP contribution >= 0.6 is 15.9 Å². The van der Waals surface area contributed by atoms with E-state index >= 15 is 0 Å². The molecule has 0 atom stereocenters. The zero-order valence-corrected chi connectivity index (χ0v) is 12.0. The molecule has 1 heterocycles. The van der Waals surface area contributed by atoms with Crippen LogP contribution in [0.5, 0.6) is 0 Å². The van der Waals surface area contributed by atoms with Gasteiger partial charge in [0.05, 0.1) is 5.69 Å². The number of hydrogen-bond donors (Lipinski definition) is 0. The first kappa shape index (κ1) is 12.6. The fraction of sp³-hybridized carbons (Fsp3) is 0.364. The van der Waals surface area contributed by atoms with Gasteiger partial charge in [-0.3, -0.25) is 0 Å². The Bertz CT molecular complexity index is 567. The summed E-state index contributed by atoms with van der Waals surface area (Å²) in [7, 11) is -3.52. The molecule has 6 heteroatoms. The van der Waals surface area contributed by atoms with Gasteiger partial charge >= 0.3 is 0 Å². The summed E-state index contributed by atoms with van der Waals surface area (Å²) >= 11 is 3.36. The number of anilines is 1. The highest BCUT2D eigenvalue weighted by Gasteiger charge is 2.25. The minimum Gasteiger partial charge on any atom is -0.330 e. The van der Waals surface area contributed by atoms with E-state index in [0.717, 1.165) is 11.0 Å². The highest BCUT2D eigenvalue weighted by Crippen LogP contribution is 2.32. The van der Waals surface area contributed by atoms with Crippen molar-refractivity contribution >= 4 is 38.0 Å². The van der Waals surface area contributed by atoms with E-state index in [4.69, 9.17) is 0 Å². The van der Waals surface area contributed by atoms with Crippen molar-refractivity contribution in [2.24, 2.45) is 10.3 Å². The lowest BCUT2D eigenvalue weighted by atomic mass is 10.2. The van der Waals surface area contributed by atoms with Crippen LogP contribution in [0.25, 0.3) is 0 Å². The van der Waals surface area contributed by atoms with Gasteiger partial charge in [0.15, 0.2) is 0 Å². The van der Waals surface area contributed by atoms with E-state index in [-0.39, 0.29) is 4.90 Å². The second-order valence-corrected chi connectivity index (χ2v) is 6.87. The summed E-state index contributed by atoms with van der Waals surface area (Å²) in [5.74, 6) is 0.425. The quantitative estimate of drug-likeness (QED) is 0.842. The van der Waals surface area contributed by atoms with E-state index < -0.39 is 10.0 Å². The Labute approximate surface area is 110 Å². The second kappa shape index (κ2) is 4.42. The van der Waals surface area contributed by atoms with Gasteiger partial charge in [-0.15, -0.1) is 4.40 Å². The van der Waals surface area contributed by atoms with E-state index in [2.05, 4.69) is 34.2 Å². The van der Waals surface area contributed by atoms with Crippen LogP contribution in [0.15, 0.2) is 32.0 Å². The Morgan fingerprint density at radius 3 is 2.76 bits per heavy atom. The lowest BCUT2D eigenvalue weighted by Gasteiger charge is -2.26. The van der Waals surface area contributed by atoms with Crippen molar-refractivity contribution in [2.75, 3.05) is 11.4 Å². The van der Waals surface area contributed by atoms with E-state index in [1.807, 2.05) is 4.90 Å². The molecule has 0 amide bonds. The van der Waals surface area contributed by atoms with Gasteiger partial charge in [0, 0.05) is 11.0 Å². The molecule has 2 rings (SSSR count). The molecule has 1 aliphatic heterocycles. The van der Waals surface area contributed by atoms with Crippen molar-refractivity contribution in [2.45, 2.75) is 18.7 Å². The molecule has 1 aromatic rings. The summed E-state index contributed by atoms with van der Waals surface area (Å²) in [4.78, 5) is 2.13. The van der Waals surface area contributed by atoms with Crippen molar-refractivity contribution in [1.82, 2.24) is 0 Å². The summed E-state index contributed by atoms with van der Waals surface area (Å²) < 4.78 is 28.0. The average Bonchev–Trinajstić information content (AvgIpc) is 2.22. The number of rotatable bonds is 2. The number of halogens is 1. The Morgan fingerprint density at radius 2 is 2.12 bits per heavy atom. The molecule has 0 N–H and O–H groups in total. The van der Waals surface area contributed by atoms with Crippen LogP contribution in [0.4, 0.5) is 5.69 Å². The molecule has 1 aromatic carbocycles. The van der Waals surface area contributed by atoms with Crippen molar-refractivity contribution in [3.63, 3.8) is 0 Å². The first-order chi connectivity index (χ1) is 7.90. The lowest BCUT2D eigenvalue weighted by molar-refractivity contribution is 0.595. The van der Waals surface area contributed by atoms with Gasteiger partial charge in [0.1, 0.15) is 11.2 Å². The molecule has 0 aliphatic carbocycles. The summed E-state index contributed by atoms with van der Waals surface area (Å²) in [5, 5.41) is 0. The molecule has 1 aliphatic rings. The Hall–Kier alpha value is -0.880. The molecular weight excluding hydrogens is 304 g/mol. The molecule has 17 heavy (non-hydrogen) atoms. The van der Waals surface area contributed by atoms with Crippen LogP contribution in [0, 0.1) is 5.92 Å². The lowest BCUT2D eigenvalue weighted by Crippen LogP contribution is -2.30. The van der Waals surface area contributed by atoms with Crippen molar-refractivity contribution in [3.05, 3.63) is 22.7 Å². The Balaban J connectivity index is 2.54. The molecule has 0 unspecified atom stereocenters. The van der Waals surface area contributed by atoms with Crippen molar-refractivity contribution < 1.29 is 8.42 Å². The van der Waals surface area contributed by atoms with E-state index in [1.165, 1.54) is 6.34 Å². The fourth-order valence-corrected chi connectivity index (χ4v) is 3.09. The van der Waals surface area contributed by atoms with Crippen LogP contribution in [-0.4, -0.2) is 21.3 Å². The molecule has 0 spiro atoms. The van der Waals surface area contributed by atoms with Crippen LogP contribution in [0.2, 0.25) is 0 Å². The fourth-order valence-electron chi connectivity index (χ4n) is 1.71. The Morgan fingerprint density at radius 1 is 1.41 bits per heavy atom. The predicted octanol–water partition coefficient (Wildman–Crippen LogP) is 2.64. The molecule has 0 bridgehead atoms. The molecular formula is C11H13BrN2O2S. The van der Waals surface area contributed by atoms with Crippen LogP contribution in [0.1, 0.15) is 13.8 Å². The monoisotopic (exact) mass is 316 g/mol. The first-order valence-electron chi connectivity index (χ1n) is 5.27. The molecule has 0 aromatic heterocycles. The normalized spacial score (nSPS) is 17.3. The number of nitrogens with zero attached hydrogens (tertiary/aromatic N) is 2. The highest BCUT2D eigenvalue weighted by atomic mass is 79.9. The Kier molecular flexibility index (Phi) is 3.27. The maximum atomic E-state index is 11.8. The maximum absolute atomic E-state index is 11.8. The van der Waals surface area contributed by atoms with Crippen LogP contribution in [-0.2, 0) is 10.0 Å². The van der Waals surface area contributed by atoms with E-state index in [9.17, 15) is 8.42 Å². The van der Waals surface area contributed by atoms with Crippen molar-refractivity contribution in [1.29, 1.82) is 0 Å². The van der Waals surface area contributed by atoms with Gasteiger partial charge < -0.3 is 4.90 Å². The molecule has 0 fully saturated rings. The number of fused-ring (bicyclic) bond motifs is 1. The van der Waals surface area contributed by atoms with E-state index in [1.54, 1.807) is 18.2 Å². The summed E-state index contributed by atoms with van der Waals surface area (Å²) in [5.41, 5.74) is 0.683. The van der Waals surface area contributed by atoms with Crippen LogP contribution < -0.4 is 4.90 Å². The van der Waals surface area contributed by atoms with Crippen molar-refractivity contribution in [3.8, 4) is 0 Å². The number of benzene rings is 1. The standard InChI is InChI=1S/C11H13BrN2O2S/c1-8(2)6-14-7-13-17(15,16)11-4-3-9(12)5-10(11)14/h3-5,7-8H,6H2,1-2H3. The molecule has 0 radical (unpaired) electrons. The van der Waals surface area contributed by atoms with Gasteiger partial charge in [-0.2, -0.15) is 8.42 Å². The third-order valence-electron chi connectivity index (χ3n) is 2.40. The van der Waals surface area contributed by atoms with Gasteiger partial charge in [-0.1, -0.05) is 29.8 Å². The predicted molar refractivity (Wildman–Crippen MR) is 72.0 cm³/mol. The average molecular weight is 317 g/mol. The van der Waals surface area contributed by atoms with Gasteiger partial charge in [0.2, 0.25) is 0 Å². The largest absolute Gasteiger partial charge is 0.330 e. The first-order valence-corrected chi connectivity index (χ1v) is 7.50. The molecule has 0 saturated heterocycles.